The predicted molar refractivity (Wildman–Crippen MR) is 70.2 cm³/mol. The van der Waals surface area contributed by atoms with E-state index in [1.807, 2.05) is 30.5 Å². The van der Waals surface area contributed by atoms with Crippen LogP contribution in [-0.2, 0) is 13.0 Å². The number of fused-ring (bicyclic) bond motifs is 1. The van der Waals surface area contributed by atoms with Crippen LogP contribution in [0.2, 0.25) is 0 Å². The lowest BCUT2D eigenvalue weighted by Gasteiger charge is -2.16. The molecule has 4 nitrogen and oxygen atoms in total. The first-order valence-corrected chi connectivity index (χ1v) is 5.99. The second-order valence-corrected chi connectivity index (χ2v) is 4.07. The molecule has 0 fully saturated rings. The van der Waals surface area contributed by atoms with Crippen molar-refractivity contribution in [2.45, 2.75) is 26.8 Å². The number of benzene rings is 1. The molecule has 0 amide bonds. The van der Waals surface area contributed by atoms with Gasteiger partial charge < -0.3 is 9.67 Å². The first kappa shape index (κ1) is 12.4. The number of aromatic nitrogens is 1. The summed E-state index contributed by atoms with van der Waals surface area (Å²) in [6.45, 7) is 4.45. The summed E-state index contributed by atoms with van der Waals surface area (Å²) in [5.41, 5.74) is 0.901. The van der Waals surface area contributed by atoms with Gasteiger partial charge in [0.2, 0.25) is 5.43 Å². The van der Waals surface area contributed by atoms with Crippen LogP contribution in [0.5, 0.6) is 0 Å². The molecule has 0 aliphatic carbocycles. The maximum absolute atomic E-state index is 12.2. The highest BCUT2D eigenvalue weighted by Crippen LogP contribution is 2.17. The molecule has 0 aliphatic heterocycles. The van der Waals surface area contributed by atoms with Gasteiger partial charge in [0.25, 0.3) is 0 Å². The fraction of sp³-hybridized carbons (Fsp3) is 0.286. The second kappa shape index (κ2) is 4.64. The zero-order chi connectivity index (χ0) is 13.3. The Morgan fingerprint density at radius 1 is 1.28 bits per heavy atom. The smallest absolute Gasteiger partial charge is 0.341 e. The molecule has 1 aromatic heterocycles. The molecule has 0 unspecified atom stereocenters. The Bertz CT molecular complexity index is 671. The number of aromatic carboxylic acids is 1. The molecule has 1 N–H and O–H groups in total. The van der Waals surface area contributed by atoms with Crippen LogP contribution in [0.4, 0.5) is 0 Å². The molecule has 0 bridgehead atoms. The van der Waals surface area contributed by atoms with Gasteiger partial charge in [-0.05, 0) is 25.5 Å². The molecule has 0 aliphatic rings. The van der Waals surface area contributed by atoms with Crippen LogP contribution < -0.4 is 5.43 Å². The molecular weight excluding hydrogens is 230 g/mol. The van der Waals surface area contributed by atoms with E-state index in [0.717, 1.165) is 5.52 Å². The molecular formula is C14H15NO3. The molecule has 1 aromatic carbocycles. The second-order valence-electron chi connectivity index (χ2n) is 4.07. The molecule has 18 heavy (non-hydrogen) atoms. The number of para-hydroxylation sites is 1. The number of carboxylic acid groups (broad SMARTS) is 1. The van der Waals surface area contributed by atoms with Crippen molar-refractivity contribution in [2.75, 3.05) is 0 Å². The average molecular weight is 245 g/mol. The zero-order valence-electron chi connectivity index (χ0n) is 10.4. The van der Waals surface area contributed by atoms with E-state index in [1.54, 1.807) is 12.1 Å². The van der Waals surface area contributed by atoms with Gasteiger partial charge in [0.15, 0.2) is 0 Å². The molecule has 94 valence electrons. The van der Waals surface area contributed by atoms with Crippen molar-refractivity contribution in [3.63, 3.8) is 0 Å². The van der Waals surface area contributed by atoms with Crippen molar-refractivity contribution in [3.05, 3.63) is 45.7 Å². The maximum Gasteiger partial charge on any atom is 0.341 e. The SMILES string of the molecule is CCc1c(C(=O)O)c(=O)c2ccccc2n1CC. The number of pyridine rings is 1. The number of carbonyl (C=O) groups is 1. The number of nitrogens with zero attached hydrogens (tertiary/aromatic N) is 1. The van der Waals surface area contributed by atoms with Gasteiger partial charge in [0, 0.05) is 17.6 Å². The summed E-state index contributed by atoms with van der Waals surface area (Å²) < 4.78 is 1.90. The van der Waals surface area contributed by atoms with Gasteiger partial charge >= 0.3 is 5.97 Å². The minimum absolute atomic E-state index is 0.0990. The third-order valence-electron chi connectivity index (χ3n) is 3.15. The van der Waals surface area contributed by atoms with Crippen LogP contribution in [0.3, 0.4) is 0 Å². The topological polar surface area (TPSA) is 59.3 Å². The van der Waals surface area contributed by atoms with Gasteiger partial charge in [0.1, 0.15) is 5.56 Å². The molecule has 0 saturated carbocycles. The van der Waals surface area contributed by atoms with Gasteiger partial charge in [0.05, 0.1) is 5.52 Å². The summed E-state index contributed by atoms with van der Waals surface area (Å²) in [7, 11) is 0. The summed E-state index contributed by atoms with van der Waals surface area (Å²) >= 11 is 0. The van der Waals surface area contributed by atoms with Crippen molar-refractivity contribution < 1.29 is 9.90 Å². The molecule has 0 atom stereocenters. The Labute approximate surface area is 104 Å². The van der Waals surface area contributed by atoms with Crippen LogP contribution in [0.25, 0.3) is 10.9 Å². The summed E-state index contributed by atoms with van der Waals surface area (Å²) in [4.78, 5) is 23.5. The van der Waals surface area contributed by atoms with Crippen LogP contribution in [0.1, 0.15) is 29.9 Å². The molecule has 4 heteroatoms. The van der Waals surface area contributed by atoms with Gasteiger partial charge in [-0.15, -0.1) is 0 Å². The Hall–Kier alpha value is -2.10. The number of rotatable bonds is 3. The molecule has 1 heterocycles. The van der Waals surface area contributed by atoms with E-state index in [9.17, 15) is 14.7 Å². The van der Waals surface area contributed by atoms with Crippen LogP contribution in [0.15, 0.2) is 29.1 Å². The lowest BCUT2D eigenvalue weighted by Crippen LogP contribution is -2.23. The van der Waals surface area contributed by atoms with Crippen LogP contribution >= 0.6 is 0 Å². The Morgan fingerprint density at radius 2 is 1.94 bits per heavy atom. The highest BCUT2D eigenvalue weighted by atomic mass is 16.4. The summed E-state index contributed by atoms with van der Waals surface area (Å²) in [6, 6.07) is 7.13. The molecule has 2 rings (SSSR count). The van der Waals surface area contributed by atoms with E-state index in [-0.39, 0.29) is 11.0 Å². The number of hydrogen-bond acceptors (Lipinski definition) is 2. The first-order valence-electron chi connectivity index (χ1n) is 5.99. The van der Waals surface area contributed by atoms with Crippen molar-refractivity contribution in [1.29, 1.82) is 0 Å². The van der Waals surface area contributed by atoms with E-state index in [1.165, 1.54) is 0 Å². The lowest BCUT2D eigenvalue weighted by atomic mass is 10.1. The summed E-state index contributed by atoms with van der Waals surface area (Å²) in [5, 5.41) is 9.71. The maximum atomic E-state index is 12.2. The largest absolute Gasteiger partial charge is 0.477 e. The fourth-order valence-electron chi connectivity index (χ4n) is 2.40. The van der Waals surface area contributed by atoms with Crippen molar-refractivity contribution in [1.82, 2.24) is 4.57 Å². The van der Waals surface area contributed by atoms with Gasteiger partial charge in [-0.25, -0.2) is 4.79 Å². The molecule has 0 saturated heterocycles. The molecule has 0 spiro atoms. The van der Waals surface area contributed by atoms with Crippen LogP contribution in [-0.4, -0.2) is 15.6 Å². The monoisotopic (exact) mass is 245 g/mol. The Kier molecular flexibility index (Phi) is 3.19. The van der Waals surface area contributed by atoms with Crippen molar-refractivity contribution in [3.8, 4) is 0 Å². The van der Waals surface area contributed by atoms with E-state index < -0.39 is 5.97 Å². The number of carboxylic acids is 1. The van der Waals surface area contributed by atoms with E-state index in [0.29, 0.717) is 24.0 Å². The van der Waals surface area contributed by atoms with Crippen molar-refractivity contribution >= 4 is 16.9 Å². The predicted octanol–water partition coefficient (Wildman–Crippen LogP) is 2.28. The average Bonchev–Trinajstić information content (AvgIpc) is 2.38. The minimum atomic E-state index is -1.15. The molecule has 2 aromatic rings. The summed E-state index contributed by atoms with van der Waals surface area (Å²) in [6.07, 6.45) is 0.523. The van der Waals surface area contributed by atoms with Crippen LogP contribution in [0, 0.1) is 0 Å². The highest BCUT2D eigenvalue weighted by Gasteiger charge is 2.19. The normalized spacial score (nSPS) is 10.8. The van der Waals surface area contributed by atoms with Gasteiger partial charge in [-0.1, -0.05) is 19.1 Å². The first-order chi connectivity index (χ1) is 8.61. The van der Waals surface area contributed by atoms with Gasteiger partial charge in [-0.2, -0.15) is 0 Å². The third-order valence-corrected chi connectivity index (χ3v) is 3.15. The minimum Gasteiger partial charge on any atom is -0.477 e. The highest BCUT2D eigenvalue weighted by molar-refractivity contribution is 5.94. The van der Waals surface area contributed by atoms with Gasteiger partial charge in [-0.3, -0.25) is 4.79 Å². The number of hydrogen-bond donors (Lipinski definition) is 1. The standard InChI is InChI=1S/C14H15NO3/c1-3-10-12(14(17)18)13(16)9-7-5-6-8-11(9)15(10)4-2/h5-8H,3-4H2,1-2H3,(H,17,18). The van der Waals surface area contributed by atoms with E-state index in [4.69, 9.17) is 0 Å². The Balaban J connectivity index is 3.05. The zero-order valence-corrected chi connectivity index (χ0v) is 10.4. The quantitative estimate of drug-likeness (QED) is 0.902. The van der Waals surface area contributed by atoms with E-state index in [2.05, 4.69) is 0 Å². The van der Waals surface area contributed by atoms with Crippen molar-refractivity contribution in [2.24, 2.45) is 0 Å². The Morgan fingerprint density at radius 3 is 2.50 bits per heavy atom. The fourth-order valence-corrected chi connectivity index (χ4v) is 2.40. The number of aryl methyl sites for hydroxylation is 1. The lowest BCUT2D eigenvalue weighted by molar-refractivity contribution is 0.0693. The summed E-state index contributed by atoms with van der Waals surface area (Å²) in [5.74, 6) is -1.15. The van der Waals surface area contributed by atoms with E-state index >= 15 is 0 Å². The third kappa shape index (κ3) is 1.70. The molecule has 0 radical (unpaired) electrons.